The van der Waals surface area contributed by atoms with Gasteiger partial charge in [-0.05, 0) is 54.0 Å². The summed E-state index contributed by atoms with van der Waals surface area (Å²) in [5.74, 6) is 0.870. The molecule has 0 saturated heterocycles. The van der Waals surface area contributed by atoms with Gasteiger partial charge in [-0.3, -0.25) is 4.98 Å². The molecule has 0 atom stereocenters. The molecule has 19 heavy (non-hydrogen) atoms. The zero-order chi connectivity index (χ0) is 13.7. The molecule has 1 aromatic heterocycles. The van der Waals surface area contributed by atoms with E-state index in [1.54, 1.807) is 6.20 Å². The molecule has 0 unspecified atom stereocenters. The Morgan fingerprint density at radius 3 is 2.68 bits per heavy atom. The van der Waals surface area contributed by atoms with Crippen molar-refractivity contribution >= 4 is 21.6 Å². The number of nitrogens with zero attached hydrogens (tertiary/aromatic N) is 1. The van der Waals surface area contributed by atoms with Crippen molar-refractivity contribution in [2.24, 2.45) is 0 Å². The van der Waals surface area contributed by atoms with Crippen molar-refractivity contribution in [3.63, 3.8) is 0 Å². The van der Waals surface area contributed by atoms with E-state index < -0.39 is 0 Å². The molecule has 3 nitrogen and oxygen atoms in total. The molecular formula is C15H17BrN2O. The maximum Gasteiger partial charge on any atom is 0.142 e. The van der Waals surface area contributed by atoms with Crippen molar-refractivity contribution in [3.05, 3.63) is 52.8 Å². The first-order valence-corrected chi connectivity index (χ1v) is 7.04. The summed E-state index contributed by atoms with van der Waals surface area (Å²) in [6.07, 6.45) is 1.96. The minimum atomic E-state index is 0.161. The number of pyridine rings is 1. The Hall–Kier alpha value is -1.55. The van der Waals surface area contributed by atoms with Crippen LogP contribution >= 0.6 is 15.9 Å². The maximum absolute atomic E-state index is 5.76. The van der Waals surface area contributed by atoms with Crippen molar-refractivity contribution in [3.8, 4) is 5.75 Å². The Labute approximate surface area is 122 Å². The van der Waals surface area contributed by atoms with E-state index in [2.05, 4.69) is 26.2 Å². The molecule has 0 amide bonds. The molecule has 2 aromatic rings. The van der Waals surface area contributed by atoms with Gasteiger partial charge in [0.15, 0.2) is 0 Å². The molecule has 1 heterocycles. The molecular weight excluding hydrogens is 304 g/mol. The lowest BCUT2D eigenvalue weighted by Crippen LogP contribution is -2.09. The number of halogens is 1. The van der Waals surface area contributed by atoms with Gasteiger partial charge in [0.05, 0.1) is 24.0 Å². The second-order valence-corrected chi connectivity index (χ2v) is 5.40. The van der Waals surface area contributed by atoms with Gasteiger partial charge in [0.25, 0.3) is 0 Å². The summed E-state index contributed by atoms with van der Waals surface area (Å²) in [6, 6.07) is 11.9. The average molecular weight is 321 g/mol. The lowest BCUT2D eigenvalue weighted by molar-refractivity contribution is 0.243. The quantitative estimate of drug-likeness (QED) is 0.894. The van der Waals surface area contributed by atoms with E-state index in [0.717, 1.165) is 21.6 Å². The SMILES string of the molecule is CC(C)Oc1ccccc1NCc1ccc(Br)cn1. The summed E-state index contributed by atoms with van der Waals surface area (Å²) >= 11 is 3.38. The molecule has 0 aliphatic heterocycles. The summed E-state index contributed by atoms with van der Waals surface area (Å²) in [5.41, 5.74) is 1.98. The highest BCUT2D eigenvalue weighted by molar-refractivity contribution is 9.10. The van der Waals surface area contributed by atoms with Crippen LogP contribution in [0.3, 0.4) is 0 Å². The van der Waals surface area contributed by atoms with Crippen molar-refractivity contribution in [2.75, 3.05) is 5.32 Å². The fraction of sp³-hybridized carbons (Fsp3) is 0.267. The van der Waals surface area contributed by atoms with Crippen LogP contribution < -0.4 is 10.1 Å². The lowest BCUT2D eigenvalue weighted by atomic mass is 10.2. The molecule has 4 heteroatoms. The molecule has 0 saturated carbocycles. The number of hydrogen-bond donors (Lipinski definition) is 1. The third-order valence-electron chi connectivity index (χ3n) is 2.50. The van der Waals surface area contributed by atoms with Gasteiger partial charge in [-0.2, -0.15) is 0 Å². The largest absolute Gasteiger partial charge is 0.489 e. The number of aromatic nitrogens is 1. The number of benzene rings is 1. The number of anilines is 1. The molecule has 2 rings (SSSR count). The summed E-state index contributed by atoms with van der Waals surface area (Å²) in [4.78, 5) is 4.33. The smallest absolute Gasteiger partial charge is 0.142 e. The van der Waals surface area contributed by atoms with Gasteiger partial charge in [0.2, 0.25) is 0 Å². The number of hydrogen-bond acceptors (Lipinski definition) is 3. The Morgan fingerprint density at radius 2 is 2.00 bits per heavy atom. The fourth-order valence-corrected chi connectivity index (χ4v) is 1.90. The molecule has 1 N–H and O–H groups in total. The summed E-state index contributed by atoms with van der Waals surface area (Å²) in [5, 5.41) is 3.35. The first kappa shape index (κ1) is 13.9. The van der Waals surface area contributed by atoms with Gasteiger partial charge in [-0.1, -0.05) is 12.1 Å². The van der Waals surface area contributed by atoms with Crippen LogP contribution in [-0.2, 0) is 6.54 Å². The van der Waals surface area contributed by atoms with Crippen LogP contribution in [0.4, 0.5) is 5.69 Å². The molecule has 1 aromatic carbocycles. The lowest BCUT2D eigenvalue weighted by Gasteiger charge is -2.15. The number of nitrogens with one attached hydrogen (secondary N) is 1. The highest BCUT2D eigenvalue weighted by atomic mass is 79.9. The highest BCUT2D eigenvalue weighted by Crippen LogP contribution is 2.25. The fourth-order valence-electron chi connectivity index (χ4n) is 1.67. The van der Waals surface area contributed by atoms with Crippen LogP contribution in [0.1, 0.15) is 19.5 Å². The van der Waals surface area contributed by atoms with Crippen LogP contribution in [0, 0.1) is 0 Å². The van der Waals surface area contributed by atoms with E-state index >= 15 is 0 Å². The van der Waals surface area contributed by atoms with E-state index in [9.17, 15) is 0 Å². The number of para-hydroxylation sites is 2. The van der Waals surface area contributed by atoms with Crippen LogP contribution in [0.2, 0.25) is 0 Å². The van der Waals surface area contributed by atoms with Crippen molar-refractivity contribution in [1.82, 2.24) is 4.98 Å². The first-order valence-electron chi connectivity index (χ1n) is 6.25. The Morgan fingerprint density at radius 1 is 1.21 bits per heavy atom. The first-order chi connectivity index (χ1) is 9.15. The predicted molar refractivity (Wildman–Crippen MR) is 81.5 cm³/mol. The van der Waals surface area contributed by atoms with Gasteiger partial charge in [0.1, 0.15) is 5.75 Å². The van der Waals surface area contributed by atoms with E-state index in [1.165, 1.54) is 0 Å². The third-order valence-corrected chi connectivity index (χ3v) is 2.97. The van der Waals surface area contributed by atoms with Crippen molar-refractivity contribution in [2.45, 2.75) is 26.5 Å². The molecule has 0 fully saturated rings. The van der Waals surface area contributed by atoms with E-state index in [-0.39, 0.29) is 6.10 Å². The normalized spacial score (nSPS) is 10.5. The zero-order valence-electron chi connectivity index (χ0n) is 11.1. The molecule has 100 valence electrons. The average Bonchev–Trinajstić information content (AvgIpc) is 2.39. The summed E-state index contributed by atoms with van der Waals surface area (Å²) < 4.78 is 6.75. The van der Waals surface area contributed by atoms with Crippen LogP contribution in [0.15, 0.2) is 47.1 Å². The molecule has 0 radical (unpaired) electrons. The Kier molecular flexibility index (Phi) is 4.80. The maximum atomic E-state index is 5.76. The van der Waals surface area contributed by atoms with Gasteiger partial charge in [0, 0.05) is 10.7 Å². The van der Waals surface area contributed by atoms with Gasteiger partial charge < -0.3 is 10.1 Å². The number of ether oxygens (including phenoxy) is 1. The standard InChI is InChI=1S/C15H17BrN2O/c1-11(2)19-15-6-4-3-5-14(15)18-10-13-8-7-12(16)9-17-13/h3-9,11,18H,10H2,1-2H3. The van der Waals surface area contributed by atoms with Gasteiger partial charge in [-0.15, -0.1) is 0 Å². The molecule has 0 aliphatic carbocycles. The molecule has 0 spiro atoms. The molecule has 0 bridgehead atoms. The second kappa shape index (κ2) is 6.57. The van der Waals surface area contributed by atoms with E-state index in [0.29, 0.717) is 6.54 Å². The van der Waals surface area contributed by atoms with Crippen LogP contribution in [0.5, 0.6) is 5.75 Å². The molecule has 0 aliphatic rings. The van der Waals surface area contributed by atoms with Gasteiger partial charge >= 0.3 is 0 Å². The Bertz CT molecular complexity index is 526. The van der Waals surface area contributed by atoms with Gasteiger partial charge in [-0.25, -0.2) is 0 Å². The second-order valence-electron chi connectivity index (χ2n) is 4.48. The summed E-state index contributed by atoms with van der Waals surface area (Å²) in [7, 11) is 0. The minimum Gasteiger partial charge on any atom is -0.489 e. The third kappa shape index (κ3) is 4.24. The van der Waals surface area contributed by atoms with Crippen molar-refractivity contribution in [1.29, 1.82) is 0 Å². The Balaban J connectivity index is 2.04. The van der Waals surface area contributed by atoms with E-state index in [1.807, 2.05) is 50.2 Å². The predicted octanol–water partition coefficient (Wildman–Crippen LogP) is 4.24. The topological polar surface area (TPSA) is 34.1 Å². The van der Waals surface area contributed by atoms with Crippen LogP contribution in [-0.4, -0.2) is 11.1 Å². The monoisotopic (exact) mass is 320 g/mol. The summed E-state index contributed by atoms with van der Waals surface area (Å²) in [6.45, 7) is 4.71. The number of rotatable bonds is 5. The highest BCUT2D eigenvalue weighted by Gasteiger charge is 2.04. The van der Waals surface area contributed by atoms with Crippen LogP contribution in [0.25, 0.3) is 0 Å². The zero-order valence-corrected chi connectivity index (χ0v) is 12.6. The minimum absolute atomic E-state index is 0.161. The van der Waals surface area contributed by atoms with E-state index in [4.69, 9.17) is 4.74 Å². The van der Waals surface area contributed by atoms with Crippen molar-refractivity contribution < 1.29 is 4.74 Å².